The summed E-state index contributed by atoms with van der Waals surface area (Å²) in [5.41, 5.74) is 1.30. The highest BCUT2D eigenvalue weighted by atomic mass is 32.1. The second-order valence-corrected chi connectivity index (χ2v) is 8.93. The second kappa shape index (κ2) is 6.59. The predicted molar refractivity (Wildman–Crippen MR) is 111 cm³/mol. The summed E-state index contributed by atoms with van der Waals surface area (Å²) in [6, 6.07) is 11.9. The lowest BCUT2D eigenvalue weighted by molar-refractivity contribution is -0.00503. The van der Waals surface area contributed by atoms with Gasteiger partial charge < -0.3 is 14.5 Å². The lowest BCUT2D eigenvalue weighted by atomic mass is 9.92. The van der Waals surface area contributed by atoms with Crippen LogP contribution in [0, 0.1) is 6.92 Å². The normalized spacial score (nSPS) is 21.9. The molecule has 0 radical (unpaired) electrons. The van der Waals surface area contributed by atoms with Crippen LogP contribution in [0.15, 0.2) is 36.4 Å². The van der Waals surface area contributed by atoms with Crippen molar-refractivity contribution in [3.63, 3.8) is 0 Å². The molecule has 0 bridgehead atoms. The number of likely N-dealkylation sites (tertiary alicyclic amines) is 1. The molecule has 0 unspecified atom stereocenters. The molecule has 0 saturated carbocycles. The SMILES string of the molecule is Cc1nn(-c2ccccc2)c2sc(C(=O)N3CCC[C@@]4(CN(C)C(=O)O4)C3)cc12. The maximum absolute atomic E-state index is 13.3. The first kappa shape index (κ1) is 18.2. The molecule has 2 aliphatic rings. The van der Waals surface area contributed by atoms with Crippen LogP contribution in [-0.4, -0.2) is 63.9 Å². The summed E-state index contributed by atoms with van der Waals surface area (Å²) in [5, 5.41) is 5.65. The van der Waals surface area contributed by atoms with Crippen LogP contribution in [-0.2, 0) is 4.74 Å². The van der Waals surface area contributed by atoms with E-state index in [0.717, 1.165) is 34.4 Å². The molecule has 2 amide bonds. The van der Waals surface area contributed by atoms with Crippen LogP contribution in [0.4, 0.5) is 4.79 Å². The van der Waals surface area contributed by atoms with Crippen LogP contribution in [0.2, 0.25) is 0 Å². The molecule has 2 aromatic heterocycles. The standard InChI is InChI=1S/C21H22N4O3S/c1-14-16-11-17(29-19(16)25(22-14)15-7-4-3-5-8-15)18(26)24-10-6-9-21(13-24)12-23(2)20(27)28-21/h3-5,7-8,11H,6,9-10,12-13H2,1-2H3/t21-/m1/s1. The fourth-order valence-corrected chi connectivity index (χ4v) is 5.48. The summed E-state index contributed by atoms with van der Waals surface area (Å²) >= 11 is 1.46. The van der Waals surface area contributed by atoms with Gasteiger partial charge in [0.1, 0.15) is 10.4 Å². The summed E-state index contributed by atoms with van der Waals surface area (Å²) in [5.74, 6) is -0.00473. The maximum Gasteiger partial charge on any atom is 0.410 e. The second-order valence-electron chi connectivity index (χ2n) is 7.90. The molecular formula is C21H22N4O3S. The van der Waals surface area contributed by atoms with Crippen LogP contribution >= 0.6 is 11.3 Å². The maximum atomic E-state index is 13.3. The third kappa shape index (κ3) is 2.98. The fourth-order valence-electron chi connectivity index (χ4n) is 4.33. The molecule has 2 fully saturated rings. The predicted octanol–water partition coefficient (Wildman–Crippen LogP) is 3.45. The van der Waals surface area contributed by atoms with Gasteiger partial charge in [0.25, 0.3) is 5.91 Å². The van der Waals surface area contributed by atoms with Gasteiger partial charge in [0, 0.05) is 19.0 Å². The van der Waals surface area contributed by atoms with Crippen molar-refractivity contribution >= 4 is 33.6 Å². The van der Waals surface area contributed by atoms with Crippen LogP contribution in [0.1, 0.15) is 28.2 Å². The highest BCUT2D eigenvalue weighted by molar-refractivity contribution is 7.20. The van der Waals surface area contributed by atoms with Gasteiger partial charge in [-0.3, -0.25) is 4.79 Å². The molecule has 2 aliphatic heterocycles. The monoisotopic (exact) mass is 410 g/mol. The number of carbonyl (C=O) groups is 2. The number of para-hydroxylation sites is 1. The number of likely N-dealkylation sites (N-methyl/N-ethyl adjacent to an activating group) is 1. The Balaban J connectivity index is 1.45. The zero-order chi connectivity index (χ0) is 20.2. The van der Waals surface area contributed by atoms with Crippen LogP contribution < -0.4 is 0 Å². The average Bonchev–Trinajstić information content (AvgIpc) is 3.36. The third-order valence-electron chi connectivity index (χ3n) is 5.72. The molecule has 5 rings (SSSR count). The number of hydrogen-bond acceptors (Lipinski definition) is 5. The Bertz CT molecular complexity index is 1110. The van der Waals surface area contributed by atoms with E-state index in [1.165, 1.54) is 11.3 Å². The number of amides is 2. The highest BCUT2D eigenvalue weighted by Gasteiger charge is 2.47. The Hall–Kier alpha value is -2.87. The lowest BCUT2D eigenvalue weighted by Gasteiger charge is -2.38. The molecule has 8 heteroatoms. The van der Waals surface area contributed by atoms with E-state index in [2.05, 4.69) is 5.10 Å². The van der Waals surface area contributed by atoms with Gasteiger partial charge in [-0.25, -0.2) is 9.48 Å². The van der Waals surface area contributed by atoms with Gasteiger partial charge in [-0.05, 0) is 38.0 Å². The summed E-state index contributed by atoms with van der Waals surface area (Å²) < 4.78 is 7.54. The first-order chi connectivity index (χ1) is 14.0. The molecule has 1 atom stereocenters. The lowest BCUT2D eigenvalue weighted by Crippen LogP contribution is -2.52. The number of rotatable bonds is 2. The smallest absolute Gasteiger partial charge is 0.410 e. The Morgan fingerprint density at radius 1 is 1.24 bits per heavy atom. The molecule has 0 N–H and O–H groups in total. The summed E-state index contributed by atoms with van der Waals surface area (Å²) in [6.45, 7) is 3.62. The van der Waals surface area contributed by atoms with Crippen LogP contribution in [0.3, 0.4) is 0 Å². The molecule has 1 aromatic carbocycles. The molecule has 0 aliphatic carbocycles. The van der Waals surface area contributed by atoms with Crippen molar-refractivity contribution in [1.29, 1.82) is 0 Å². The van der Waals surface area contributed by atoms with Gasteiger partial charge in [-0.1, -0.05) is 18.2 Å². The van der Waals surface area contributed by atoms with Crippen molar-refractivity contribution in [2.24, 2.45) is 0 Å². The van der Waals surface area contributed by atoms with Crippen molar-refractivity contribution in [2.75, 3.05) is 26.7 Å². The molecule has 4 heterocycles. The quantitative estimate of drug-likeness (QED) is 0.649. The molecule has 7 nitrogen and oxygen atoms in total. The summed E-state index contributed by atoms with van der Waals surface area (Å²) in [4.78, 5) is 30.2. The zero-order valence-electron chi connectivity index (χ0n) is 16.4. The number of fused-ring (bicyclic) bond motifs is 1. The van der Waals surface area contributed by atoms with Gasteiger partial charge in [0.2, 0.25) is 0 Å². The first-order valence-electron chi connectivity index (χ1n) is 9.74. The van der Waals surface area contributed by atoms with Gasteiger partial charge in [-0.15, -0.1) is 11.3 Å². The Morgan fingerprint density at radius 2 is 2.03 bits per heavy atom. The topological polar surface area (TPSA) is 67.7 Å². The average molecular weight is 410 g/mol. The van der Waals surface area contributed by atoms with Crippen LogP contribution in [0.5, 0.6) is 0 Å². The van der Waals surface area contributed by atoms with E-state index in [1.54, 1.807) is 11.9 Å². The van der Waals surface area contributed by atoms with E-state index in [0.29, 0.717) is 24.5 Å². The van der Waals surface area contributed by atoms with Crippen molar-refractivity contribution < 1.29 is 14.3 Å². The summed E-state index contributed by atoms with van der Waals surface area (Å²) in [6.07, 6.45) is 1.32. The van der Waals surface area contributed by atoms with Crippen molar-refractivity contribution in [1.82, 2.24) is 19.6 Å². The minimum atomic E-state index is -0.576. The molecule has 1 spiro atoms. The van der Waals surface area contributed by atoms with Crippen molar-refractivity contribution in [3.05, 3.63) is 47.0 Å². The number of aryl methyl sites for hydroxylation is 1. The van der Waals surface area contributed by atoms with E-state index in [-0.39, 0.29) is 12.0 Å². The molecule has 3 aromatic rings. The number of nitrogens with zero attached hydrogens (tertiary/aromatic N) is 4. The Morgan fingerprint density at radius 3 is 2.76 bits per heavy atom. The van der Waals surface area contributed by atoms with Crippen LogP contribution in [0.25, 0.3) is 15.9 Å². The number of benzene rings is 1. The van der Waals surface area contributed by atoms with Gasteiger partial charge in [0.15, 0.2) is 0 Å². The number of carbonyl (C=O) groups excluding carboxylic acids is 2. The Kier molecular flexibility index (Phi) is 4.13. The third-order valence-corrected chi connectivity index (χ3v) is 6.82. The number of thiophene rings is 1. The van der Waals surface area contributed by atoms with E-state index in [1.807, 2.05) is 52.9 Å². The summed E-state index contributed by atoms with van der Waals surface area (Å²) in [7, 11) is 1.74. The van der Waals surface area contributed by atoms with E-state index >= 15 is 0 Å². The zero-order valence-corrected chi connectivity index (χ0v) is 17.2. The number of hydrogen-bond donors (Lipinski definition) is 0. The fraction of sp³-hybridized carbons (Fsp3) is 0.381. The van der Waals surface area contributed by atoms with Gasteiger partial charge in [-0.2, -0.15) is 5.10 Å². The number of piperidine rings is 1. The largest absolute Gasteiger partial charge is 0.439 e. The highest BCUT2D eigenvalue weighted by Crippen LogP contribution is 2.35. The van der Waals surface area contributed by atoms with E-state index < -0.39 is 5.60 Å². The Labute approximate surface area is 172 Å². The van der Waals surface area contributed by atoms with E-state index in [4.69, 9.17) is 4.74 Å². The molecule has 29 heavy (non-hydrogen) atoms. The number of ether oxygens (including phenoxy) is 1. The minimum Gasteiger partial charge on any atom is -0.439 e. The van der Waals surface area contributed by atoms with Gasteiger partial charge >= 0.3 is 6.09 Å². The molecule has 150 valence electrons. The van der Waals surface area contributed by atoms with Crippen molar-refractivity contribution in [3.8, 4) is 5.69 Å². The van der Waals surface area contributed by atoms with Gasteiger partial charge in [0.05, 0.1) is 29.3 Å². The number of aromatic nitrogens is 2. The minimum absolute atomic E-state index is 0.00473. The molecule has 2 saturated heterocycles. The van der Waals surface area contributed by atoms with Crippen molar-refractivity contribution in [2.45, 2.75) is 25.4 Å². The molecular weight excluding hydrogens is 388 g/mol. The first-order valence-corrected chi connectivity index (χ1v) is 10.6. The van der Waals surface area contributed by atoms with E-state index in [9.17, 15) is 9.59 Å².